The van der Waals surface area contributed by atoms with Gasteiger partial charge in [0.2, 0.25) is 0 Å². The summed E-state index contributed by atoms with van der Waals surface area (Å²) in [6, 6.07) is 8.75. The molecule has 1 heterocycles. The van der Waals surface area contributed by atoms with Gasteiger partial charge >= 0.3 is 0 Å². The minimum Gasteiger partial charge on any atom is -0.330 e. The van der Waals surface area contributed by atoms with Gasteiger partial charge in [-0.3, -0.25) is 4.90 Å². The molecular weight excluding hydrogens is 243 g/mol. The van der Waals surface area contributed by atoms with Crippen molar-refractivity contribution >= 4 is 24.8 Å². The van der Waals surface area contributed by atoms with E-state index in [-0.39, 0.29) is 24.8 Å². The second-order valence-electron chi connectivity index (χ2n) is 3.94. The van der Waals surface area contributed by atoms with Gasteiger partial charge in [0.15, 0.2) is 0 Å². The summed E-state index contributed by atoms with van der Waals surface area (Å²) in [6.07, 6.45) is 2.31. The maximum Gasteiger partial charge on any atom is 0.0236 e. The van der Waals surface area contributed by atoms with Gasteiger partial charge in [-0.25, -0.2) is 0 Å². The van der Waals surface area contributed by atoms with Crippen LogP contribution in [0.15, 0.2) is 24.3 Å². The van der Waals surface area contributed by atoms with E-state index in [0.29, 0.717) is 0 Å². The molecular formula is C12H20Cl2N2. The number of fused-ring (bicyclic) bond motifs is 1. The highest BCUT2D eigenvalue weighted by molar-refractivity contribution is 5.85. The molecule has 1 aliphatic heterocycles. The highest BCUT2D eigenvalue weighted by Crippen LogP contribution is 2.18. The largest absolute Gasteiger partial charge is 0.330 e. The summed E-state index contributed by atoms with van der Waals surface area (Å²) in [5, 5.41) is 0. The van der Waals surface area contributed by atoms with Crippen LogP contribution in [-0.4, -0.2) is 24.5 Å². The molecule has 0 aliphatic carbocycles. The van der Waals surface area contributed by atoms with E-state index in [1.807, 2.05) is 0 Å². The predicted molar refractivity (Wildman–Crippen MR) is 73.6 cm³/mol. The monoisotopic (exact) mass is 262 g/mol. The average Bonchev–Trinajstić information content (AvgIpc) is 2.26. The molecule has 16 heavy (non-hydrogen) atoms. The van der Waals surface area contributed by atoms with Crippen LogP contribution >= 0.6 is 24.8 Å². The molecule has 1 aliphatic rings. The average molecular weight is 263 g/mol. The second kappa shape index (κ2) is 7.91. The summed E-state index contributed by atoms with van der Waals surface area (Å²) in [5.41, 5.74) is 8.53. The fourth-order valence-corrected chi connectivity index (χ4v) is 2.06. The Labute approximate surface area is 110 Å². The molecule has 1 aromatic rings. The molecule has 0 saturated heterocycles. The molecule has 2 nitrogen and oxygen atoms in total. The number of nitrogens with two attached hydrogens (primary N) is 1. The summed E-state index contributed by atoms with van der Waals surface area (Å²) in [5.74, 6) is 0. The first-order valence-corrected chi connectivity index (χ1v) is 5.39. The van der Waals surface area contributed by atoms with Crippen molar-refractivity contribution in [2.75, 3.05) is 19.6 Å². The van der Waals surface area contributed by atoms with Crippen LogP contribution in [0.1, 0.15) is 17.5 Å². The van der Waals surface area contributed by atoms with Crippen LogP contribution in [0.2, 0.25) is 0 Å². The summed E-state index contributed by atoms with van der Waals surface area (Å²) in [7, 11) is 0. The molecule has 1 aromatic carbocycles. The zero-order chi connectivity index (χ0) is 9.80. The molecule has 0 amide bonds. The Kier molecular flexibility index (Phi) is 7.77. The van der Waals surface area contributed by atoms with Gasteiger partial charge in [-0.05, 0) is 37.1 Å². The number of nitrogens with zero attached hydrogens (tertiary/aromatic N) is 1. The summed E-state index contributed by atoms with van der Waals surface area (Å²) >= 11 is 0. The fraction of sp³-hybridized carbons (Fsp3) is 0.500. The van der Waals surface area contributed by atoms with E-state index >= 15 is 0 Å². The normalized spacial score (nSPS) is 14.6. The Balaban J connectivity index is 0.00000112. The third-order valence-electron chi connectivity index (χ3n) is 2.89. The first kappa shape index (κ1) is 15.7. The summed E-state index contributed by atoms with van der Waals surface area (Å²) in [6.45, 7) is 4.25. The maximum absolute atomic E-state index is 5.51. The zero-order valence-corrected chi connectivity index (χ0v) is 11.0. The number of hydrogen-bond acceptors (Lipinski definition) is 2. The van der Waals surface area contributed by atoms with Crippen LogP contribution in [0.4, 0.5) is 0 Å². The third-order valence-corrected chi connectivity index (χ3v) is 2.89. The van der Waals surface area contributed by atoms with E-state index in [0.717, 1.165) is 26.1 Å². The smallest absolute Gasteiger partial charge is 0.0236 e. The highest BCUT2D eigenvalue weighted by atomic mass is 35.5. The van der Waals surface area contributed by atoms with Crippen molar-refractivity contribution in [2.45, 2.75) is 19.4 Å². The predicted octanol–water partition coefficient (Wildman–Crippen LogP) is 2.24. The van der Waals surface area contributed by atoms with Crippen molar-refractivity contribution in [3.05, 3.63) is 35.4 Å². The quantitative estimate of drug-likeness (QED) is 0.906. The van der Waals surface area contributed by atoms with E-state index < -0.39 is 0 Å². The van der Waals surface area contributed by atoms with E-state index in [4.69, 9.17) is 5.73 Å². The minimum atomic E-state index is 0. The van der Waals surface area contributed by atoms with E-state index in [2.05, 4.69) is 29.2 Å². The molecule has 4 heteroatoms. The highest BCUT2D eigenvalue weighted by Gasteiger charge is 2.14. The van der Waals surface area contributed by atoms with Crippen LogP contribution in [0.5, 0.6) is 0 Å². The first-order valence-electron chi connectivity index (χ1n) is 5.39. The molecule has 92 valence electrons. The van der Waals surface area contributed by atoms with Crippen LogP contribution in [0, 0.1) is 0 Å². The van der Waals surface area contributed by atoms with Gasteiger partial charge in [0.1, 0.15) is 0 Å². The lowest BCUT2D eigenvalue weighted by atomic mass is 10.00. The van der Waals surface area contributed by atoms with Crippen molar-refractivity contribution in [1.82, 2.24) is 4.90 Å². The van der Waals surface area contributed by atoms with E-state index in [1.54, 1.807) is 0 Å². The van der Waals surface area contributed by atoms with Gasteiger partial charge in [0.05, 0.1) is 0 Å². The van der Waals surface area contributed by atoms with Gasteiger partial charge in [-0.1, -0.05) is 24.3 Å². The van der Waals surface area contributed by atoms with Gasteiger partial charge in [0, 0.05) is 13.1 Å². The number of hydrogen-bond donors (Lipinski definition) is 1. The lowest BCUT2D eigenvalue weighted by Crippen LogP contribution is -2.32. The molecule has 0 radical (unpaired) electrons. The molecule has 0 aromatic heterocycles. The van der Waals surface area contributed by atoms with E-state index in [9.17, 15) is 0 Å². The first-order chi connectivity index (χ1) is 6.90. The molecule has 0 saturated carbocycles. The molecule has 0 atom stereocenters. The fourth-order valence-electron chi connectivity index (χ4n) is 2.06. The molecule has 2 N–H and O–H groups in total. The SMILES string of the molecule is Cl.Cl.NCCCN1CCc2ccccc2C1. The zero-order valence-electron chi connectivity index (χ0n) is 9.39. The van der Waals surface area contributed by atoms with E-state index in [1.165, 1.54) is 24.1 Å². The lowest BCUT2D eigenvalue weighted by molar-refractivity contribution is 0.252. The Morgan fingerprint density at radius 3 is 2.50 bits per heavy atom. The van der Waals surface area contributed by atoms with Crippen LogP contribution in [-0.2, 0) is 13.0 Å². The van der Waals surface area contributed by atoms with Crippen LogP contribution in [0.25, 0.3) is 0 Å². The lowest BCUT2D eigenvalue weighted by Gasteiger charge is -2.28. The maximum atomic E-state index is 5.51. The molecule has 0 unspecified atom stereocenters. The Morgan fingerprint density at radius 2 is 1.81 bits per heavy atom. The van der Waals surface area contributed by atoms with Crippen molar-refractivity contribution in [3.63, 3.8) is 0 Å². The van der Waals surface area contributed by atoms with Gasteiger partial charge in [-0.15, -0.1) is 24.8 Å². The molecule has 0 bridgehead atoms. The summed E-state index contributed by atoms with van der Waals surface area (Å²) in [4.78, 5) is 2.50. The Morgan fingerprint density at radius 1 is 1.12 bits per heavy atom. The number of benzene rings is 1. The minimum absolute atomic E-state index is 0. The topological polar surface area (TPSA) is 29.3 Å². The second-order valence-corrected chi connectivity index (χ2v) is 3.94. The van der Waals surface area contributed by atoms with Gasteiger partial charge in [-0.2, -0.15) is 0 Å². The van der Waals surface area contributed by atoms with Crippen molar-refractivity contribution in [3.8, 4) is 0 Å². The van der Waals surface area contributed by atoms with Gasteiger partial charge in [0.25, 0.3) is 0 Å². The Hall–Kier alpha value is -0.280. The van der Waals surface area contributed by atoms with Crippen molar-refractivity contribution in [1.29, 1.82) is 0 Å². The van der Waals surface area contributed by atoms with Crippen LogP contribution < -0.4 is 5.73 Å². The third kappa shape index (κ3) is 3.95. The summed E-state index contributed by atoms with van der Waals surface area (Å²) < 4.78 is 0. The Bertz CT molecular complexity index is 305. The van der Waals surface area contributed by atoms with Crippen LogP contribution in [0.3, 0.4) is 0 Å². The van der Waals surface area contributed by atoms with Crippen molar-refractivity contribution in [2.24, 2.45) is 5.73 Å². The molecule has 2 rings (SSSR count). The standard InChI is InChI=1S/C12H18N2.2ClH/c13-7-3-8-14-9-6-11-4-1-2-5-12(11)10-14;;/h1-2,4-5H,3,6-10,13H2;2*1H. The van der Waals surface area contributed by atoms with Crippen molar-refractivity contribution < 1.29 is 0 Å². The molecule has 0 fully saturated rings. The van der Waals surface area contributed by atoms with Gasteiger partial charge < -0.3 is 5.73 Å². The number of rotatable bonds is 3. The molecule has 0 spiro atoms. The number of halogens is 2.